The Morgan fingerprint density at radius 3 is 2.74 bits per heavy atom. The summed E-state index contributed by atoms with van der Waals surface area (Å²) in [6.45, 7) is 5.69. The second-order valence-electron chi connectivity index (χ2n) is 5.15. The number of nitrogens with two attached hydrogens (primary N) is 1. The third kappa shape index (κ3) is 3.00. The number of hydrogen-bond donors (Lipinski definition) is 3. The van der Waals surface area contributed by atoms with Gasteiger partial charge in [0.05, 0.1) is 0 Å². The molecule has 0 unspecified atom stereocenters. The molecular weight excluding hydrogens is 260 g/mol. The van der Waals surface area contributed by atoms with Crippen molar-refractivity contribution in [2.75, 3.05) is 24.1 Å². The minimum atomic E-state index is -0.0983. The van der Waals surface area contributed by atoms with Crippen molar-refractivity contribution in [2.24, 2.45) is 5.41 Å². The third-order valence-electron chi connectivity index (χ3n) is 3.98. The van der Waals surface area contributed by atoms with E-state index in [1.807, 2.05) is 6.92 Å². The standard InChI is InChI=1S/C13H22N4OS/c1-3-13(6-5-7-13)8-16-11(18)9-10(14)17-12(19-9)15-4-2/h3-8,14H2,1-2H3,(H,15,17)(H,16,18). The van der Waals surface area contributed by atoms with Crippen molar-refractivity contribution < 1.29 is 4.79 Å². The van der Waals surface area contributed by atoms with Crippen molar-refractivity contribution in [3.8, 4) is 0 Å². The molecule has 4 N–H and O–H groups in total. The number of hydrogen-bond acceptors (Lipinski definition) is 5. The van der Waals surface area contributed by atoms with Gasteiger partial charge in [-0.1, -0.05) is 24.7 Å². The van der Waals surface area contributed by atoms with Gasteiger partial charge >= 0.3 is 0 Å². The SMILES string of the molecule is CCNc1nc(N)c(C(=O)NCC2(CC)CCC2)s1. The summed E-state index contributed by atoms with van der Waals surface area (Å²) in [4.78, 5) is 16.8. The van der Waals surface area contributed by atoms with Gasteiger partial charge < -0.3 is 16.4 Å². The Hall–Kier alpha value is -1.30. The fourth-order valence-corrected chi connectivity index (χ4v) is 3.27. The highest BCUT2D eigenvalue weighted by molar-refractivity contribution is 7.18. The van der Waals surface area contributed by atoms with Gasteiger partial charge in [0.15, 0.2) is 5.13 Å². The second kappa shape index (κ2) is 5.77. The van der Waals surface area contributed by atoms with Crippen molar-refractivity contribution in [3.05, 3.63) is 4.88 Å². The first-order valence-electron chi connectivity index (χ1n) is 6.88. The highest BCUT2D eigenvalue weighted by Gasteiger charge is 2.35. The van der Waals surface area contributed by atoms with Gasteiger partial charge in [-0.25, -0.2) is 4.98 Å². The Kier molecular flexibility index (Phi) is 4.29. The summed E-state index contributed by atoms with van der Waals surface area (Å²) in [5.74, 6) is 0.219. The number of carbonyl (C=O) groups is 1. The molecule has 1 amide bonds. The van der Waals surface area contributed by atoms with Gasteiger partial charge in [0.2, 0.25) is 0 Å². The van der Waals surface area contributed by atoms with Gasteiger partial charge in [-0.15, -0.1) is 0 Å². The molecule has 0 bridgehead atoms. The number of carbonyl (C=O) groups excluding carboxylic acids is 1. The highest BCUT2D eigenvalue weighted by Crippen LogP contribution is 2.43. The zero-order valence-electron chi connectivity index (χ0n) is 11.6. The molecule has 0 spiro atoms. The van der Waals surface area contributed by atoms with Crippen molar-refractivity contribution >= 4 is 28.2 Å². The number of amides is 1. The van der Waals surface area contributed by atoms with E-state index in [0.717, 1.165) is 19.5 Å². The summed E-state index contributed by atoms with van der Waals surface area (Å²) in [6.07, 6.45) is 4.82. The van der Waals surface area contributed by atoms with Crippen LogP contribution in [0.3, 0.4) is 0 Å². The molecule has 19 heavy (non-hydrogen) atoms. The zero-order valence-corrected chi connectivity index (χ0v) is 12.4. The lowest BCUT2D eigenvalue weighted by atomic mass is 9.67. The minimum absolute atomic E-state index is 0.0983. The molecule has 2 rings (SSSR count). The van der Waals surface area contributed by atoms with Crippen LogP contribution in [-0.4, -0.2) is 24.0 Å². The molecular formula is C13H22N4OS. The smallest absolute Gasteiger partial charge is 0.265 e. The number of aromatic nitrogens is 1. The van der Waals surface area contributed by atoms with Gasteiger partial charge in [0.1, 0.15) is 10.7 Å². The Morgan fingerprint density at radius 1 is 1.47 bits per heavy atom. The van der Waals surface area contributed by atoms with Crippen molar-refractivity contribution in [1.82, 2.24) is 10.3 Å². The first-order chi connectivity index (χ1) is 9.10. The Morgan fingerprint density at radius 2 is 2.21 bits per heavy atom. The van der Waals surface area contributed by atoms with Crippen molar-refractivity contribution in [2.45, 2.75) is 39.5 Å². The number of anilines is 2. The van der Waals surface area contributed by atoms with E-state index in [0.29, 0.717) is 21.2 Å². The van der Waals surface area contributed by atoms with E-state index in [9.17, 15) is 4.79 Å². The van der Waals surface area contributed by atoms with Crippen LogP contribution < -0.4 is 16.4 Å². The number of nitrogens with zero attached hydrogens (tertiary/aromatic N) is 1. The van der Waals surface area contributed by atoms with E-state index >= 15 is 0 Å². The molecule has 1 heterocycles. The van der Waals surface area contributed by atoms with E-state index in [4.69, 9.17) is 5.73 Å². The predicted molar refractivity (Wildman–Crippen MR) is 79.6 cm³/mol. The average molecular weight is 282 g/mol. The molecule has 1 aliphatic rings. The Labute approximate surface area is 118 Å². The van der Waals surface area contributed by atoms with Gasteiger partial charge in [0.25, 0.3) is 5.91 Å². The van der Waals surface area contributed by atoms with Crippen molar-refractivity contribution in [1.29, 1.82) is 0 Å². The van der Waals surface area contributed by atoms with Crippen LogP contribution in [0.25, 0.3) is 0 Å². The lowest BCUT2D eigenvalue weighted by Gasteiger charge is -2.41. The molecule has 0 aliphatic heterocycles. The van der Waals surface area contributed by atoms with Crippen LogP contribution in [-0.2, 0) is 0 Å². The molecule has 0 radical (unpaired) electrons. The molecule has 5 nitrogen and oxygen atoms in total. The molecule has 1 saturated carbocycles. The van der Waals surface area contributed by atoms with Crippen LogP contribution in [0.2, 0.25) is 0 Å². The van der Waals surface area contributed by atoms with E-state index < -0.39 is 0 Å². The number of thiazole rings is 1. The summed E-state index contributed by atoms with van der Waals surface area (Å²) in [5, 5.41) is 6.80. The molecule has 1 aromatic heterocycles. The fourth-order valence-electron chi connectivity index (χ4n) is 2.40. The second-order valence-corrected chi connectivity index (χ2v) is 6.15. The largest absolute Gasteiger partial charge is 0.382 e. The van der Waals surface area contributed by atoms with Crippen LogP contribution in [0.1, 0.15) is 49.2 Å². The zero-order chi connectivity index (χ0) is 13.9. The normalized spacial score (nSPS) is 16.7. The summed E-state index contributed by atoms with van der Waals surface area (Å²) in [7, 11) is 0. The maximum absolute atomic E-state index is 12.1. The lowest BCUT2D eigenvalue weighted by molar-refractivity contribution is 0.0854. The van der Waals surface area contributed by atoms with E-state index in [1.54, 1.807) is 0 Å². The molecule has 1 aliphatic carbocycles. The van der Waals surface area contributed by atoms with Crippen LogP contribution >= 0.6 is 11.3 Å². The molecule has 6 heteroatoms. The van der Waals surface area contributed by atoms with Crippen LogP contribution in [0.5, 0.6) is 0 Å². The van der Waals surface area contributed by atoms with Gasteiger partial charge in [-0.2, -0.15) is 0 Å². The number of rotatable bonds is 6. The van der Waals surface area contributed by atoms with Crippen LogP contribution in [0, 0.1) is 5.41 Å². The number of nitrogen functional groups attached to an aromatic ring is 1. The quantitative estimate of drug-likeness (QED) is 0.749. The summed E-state index contributed by atoms with van der Waals surface area (Å²) in [5.41, 5.74) is 6.11. The average Bonchev–Trinajstić information content (AvgIpc) is 2.70. The Balaban J connectivity index is 1.96. The molecule has 106 valence electrons. The van der Waals surface area contributed by atoms with Gasteiger partial charge in [-0.05, 0) is 31.6 Å². The van der Waals surface area contributed by atoms with Gasteiger partial charge in [-0.3, -0.25) is 4.79 Å². The predicted octanol–water partition coefficient (Wildman–Crippen LogP) is 2.47. The maximum atomic E-state index is 12.1. The monoisotopic (exact) mass is 282 g/mol. The molecule has 0 saturated heterocycles. The maximum Gasteiger partial charge on any atom is 0.265 e. The third-order valence-corrected chi connectivity index (χ3v) is 5.00. The topological polar surface area (TPSA) is 80.0 Å². The van der Waals surface area contributed by atoms with Crippen LogP contribution in [0.4, 0.5) is 10.9 Å². The summed E-state index contributed by atoms with van der Waals surface area (Å²) < 4.78 is 0. The lowest BCUT2D eigenvalue weighted by Crippen LogP contribution is -2.41. The first-order valence-corrected chi connectivity index (χ1v) is 7.70. The Bertz CT molecular complexity index is 448. The molecule has 1 aromatic rings. The minimum Gasteiger partial charge on any atom is -0.382 e. The van der Waals surface area contributed by atoms with Crippen molar-refractivity contribution in [3.63, 3.8) is 0 Å². The van der Waals surface area contributed by atoms with Crippen LogP contribution in [0.15, 0.2) is 0 Å². The van der Waals surface area contributed by atoms with E-state index in [1.165, 1.54) is 30.6 Å². The highest BCUT2D eigenvalue weighted by atomic mass is 32.1. The van der Waals surface area contributed by atoms with E-state index in [-0.39, 0.29) is 5.91 Å². The number of nitrogens with one attached hydrogen (secondary N) is 2. The first kappa shape index (κ1) is 14.1. The fraction of sp³-hybridized carbons (Fsp3) is 0.692. The van der Waals surface area contributed by atoms with E-state index in [2.05, 4.69) is 22.5 Å². The summed E-state index contributed by atoms with van der Waals surface area (Å²) >= 11 is 1.32. The molecule has 0 aromatic carbocycles. The van der Waals surface area contributed by atoms with Gasteiger partial charge in [0, 0.05) is 13.1 Å². The molecule has 1 fully saturated rings. The molecule has 0 atom stereocenters. The summed E-state index contributed by atoms with van der Waals surface area (Å²) in [6, 6.07) is 0.